The molecule has 0 bridgehead atoms. The number of hydrogen-bond donors (Lipinski definition) is 4. The van der Waals surface area contributed by atoms with Gasteiger partial charge in [-0.15, -0.1) is 0 Å². The maximum atomic E-state index is 11.6. The fourth-order valence-corrected chi connectivity index (χ4v) is 7.18. The van der Waals surface area contributed by atoms with E-state index in [-0.39, 0.29) is 45.3 Å². The van der Waals surface area contributed by atoms with Gasteiger partial charge in [0.05, 0.1) is 22.3 Å². The van der Waals surface area contributed by atoms with E-state index >= 15 is 0 Å². The molecule has 0 radical (unpaired) electrons. The van der Waals surface area contributed by atoms with E-state index in [0.29, 0.717) is 96.8 Å². The lowest BCUT2D eigenvalue weighted by atomic mass is 9.88. The Morgan fingerprint density at radius 3 is 0.926 bits per heavy atom. The number of phenols is 4. The van der Waals surface area contributed by atoms with Crippen LogP contribution in [-0.2, 0) is 25.7 Å². The molecule has 2 rings (SSSR count). The third-order valence-electron chi connectivity index (χ3n) is 10.7. The maximum Gasteiger partial charge on any atom is 0.154 e. The summed E-state index contributed by atoms with van der Waals surface area (Å²) in [5.74, 6) is 1.65. The molecule has 0 fully saturated rings. The maximum absolute atomic E-state index is 11.6. The van der Waals surface area contributed by atoms with Crippen LogP contribution in [0.5, 0.6) is 23.0 Å². The molecular weight excluding hydrogens is 680 g/mol. The molecule has 0 aromatic heterocycles. The van der Waals surface area contributed by atoms with Gasteiger partial charge in [-0.1, -0.05) is 120 Å². The number of aromatic hydroxyl groups is 4. The van der Waals surface area contributed by atoms with Gasteiger partial charge in [0, 0.05) is 11.1 Å². The van der Waals surface area contributed by atoms with E-state index in [9.17, 15) is 39.6 Å². The summed E-state index contributed by atoms with van der Waals surface area (Å²) in [5.41, 5.74) is 2.24. The van der Waals surface area contributed by atoms with Crippen LogP contribution in [0.3, 0.4) is 0 Å². The van der Waals surface area contributed by atoms with Crippen LogP contribution >= 0.6 is 0 Å². The van der Waals surface area contributed by atoms with E-state index in [1.165, 1.54) is 12.8 Å². The predicted octanol–water partition coefficient (Wildman–Crippen LogP) is 11.7. The van der Waals surface area contributed by atoms with E-state index in [4.69, 9.17) is 0 Å². The number of unbranched alkanes of at least 4 members (excludes halogenated alkanes) is 4. The molecule has 8 nitrogen and oxygen atoms in total. The molecule has 2 aromatic rings. The Hall–Kier alpha value is -3.68. The molecule has 0 amide bonds. The lowest BCUT2D eigenvalue weighted by molar-refractivity contribution is 0.110. The van der Waals surface area contributed by atoms with Crippen molar-refractivity contribution in [1.29, 1.82) is 0 Å². The highest BCUT2D eigenvalue weighted by molar-refractivity contribution is 5.93. The first-order chi connectivity index (χ1) is 25.7. The Morgan fingerprint density at radius 1 is 0.389 bits per heavy atom. The van der Waals surface area contributed by atoms with Gasteiger partial charge in [0.15, 0.2) is 25.1 Å². The molecule has 0 aliphatic heterocycles. The van der Waals surface area contributed by atoms with Crippen LogP contribution in [0.15, 0.2) is 0 Å². The van der Waals surface area contributed by atoms with Crippen LogP contribution in [0, 0.1) is 23.7 Å². The van der Waals surface area contributed by atoms with E-state index in [0.717, 1.165) is 77.0 Å². The normalized spacial score (nSPS) is 12.3. The second-order valence-corrected chi connectivity index (χ2v) is 16.3. The summed E-state index contributed by atoms with van der Waals surface area (Å²) < 4.78 is 0. The standard InChI is InChI=1S/2C23H36O4/c2*1-5-6-7-11-18-20(14-24)22(26)19(23(27)21(18)15-25)13-12-17(4)10-8-9-16(2)3/h2*14-17,26-27H,5-13H2,1-4H3/t2*17-/m10/s1. The van der Waals surface area contributed by atoms with E-state index in [1.54, 1.807) is 0 Å². The Bertz CT molecular complexity index is 1280. The Labute approximate surface area is 326 Å². The van der Waals surface area contributed by atoms with Crippen LogP contribution in [0.25, 0.3) is 0 Å². The van der Waals surface area contributed by atoms with Crippen molar-refractivity contribution < 1.29 is 39.6 Å². The molecule has 54 heavy (non-hydrogen) atoms. The second kappa shape index (κ2) is 26.2. The number of aldehydes is 4. The summed E-state index contributed by atoms with van der Waals surface area (Å²) in [6.07, 6.45) is 18.4. The van der Waals surface area contributed by atoms with Gasteiger partial charge in [-0.3, -0.25) is 19.2 Å². The van der Waals surface area contributed by atoms with Crippen molar-refractivity contribution >= 4 is 25.1 Å². The van der Waals surface area contributed by atoms with Crippen LogP contribution < -0.4 is 0 Å². The molecule has 2 aromatic carbocycles. The van der Waals surface area contributed by atoms with E-state index in [1.807, 2.05) is 0 Å². The number of rotatable bonds is 26. The Morgan fingerprint density at radius 2 is 0.685 bits per heavy atom. The largest absolute Gasteiger partial charge is 0.507 e. The molecule has 0 aliphatic rings. The van der Waals surface area contributed by atoms with E-state index in [2.05, 4.69) is 55.4 Å². The zero-order valence-corrected chi connectivity index (χ0v) is 34.8. The Balaban J connectivity index is 0.000000540. The summed E-state index contributed by atoms with van der Waals surface area (Å²) in [6.45, 7) is 17.3. The quantitative estimate of drug-likeness (QED) is 0.0548. The minimum atomic E-state index is -0.158. The number of hydrogen-bond acceptors (Lipinski definition) is 8. The first-order valence-corrected chi connectivity index (χ1v) is 20.7. The van der Waals surface area contributed by atoms with Gasteiger partial charge in [0.2, 0.25) is 0 Å². The van der Waals surface area contributed by atoms with Gasteiger partial charge in [-0.05, 0) is 86.2 Å². The summed E-state index contributed by atoms with van der Waals surface area (Å²) in [4.78, 5) is 46.4. The molecule has 304 valence electrons. The van der Waals surface area contributed by atoms with Gasteiger partial charge in [0.25, 0.3) is 0 Å². The number of phenolic OH excluding ortho intramolecular Hbond substituents is 4. The number of carbonyl (C=O) groups is 4. The van der Waals surface area contributed by atoms with Gasteiger partial charge in [-0.25, -0.2) is 0 Å². The van der Waals surface area contributed by atoms with Crippen molar-refractivity contribution in [2.24, 2.45) is 23.7 Å². The minimum absolute atomic E-state index is 0.158. The molecule has 0 unspecified atom stereocenters. The highest BCUT2D eigenvalue weighted by atomic mass is 16.3. The van der Waals surface area contributed by atoms with Crippen LogP contribution in [0.1, 0.15) is 209 Å². The zero-order valence-electron chi connectivity index (χ0n) is 34.8. The average molecular weight is 753 g/mol. The molecule has 0 heterocycles. The highest BCUT2D eigenvalue weighted by Gasteiger charge is 2.24. The molecule has 4 N–H and O–H groups in total. The molecule has 0 spiro atoms. The van der Waals surface area contributed by atoms with Crippen LogP contribution in [0.2, 0.25) is 0 Å². The summed E-state index contributed by atoms with van der Waals surface area (Å²) >= 11 is 0. The summed E-state index contributed by atoms with van der Waals surface area (Å²) in [6, 6.07) is 0. The fraction of sp³-hybridized carbons (Fsp3) is 0.652. The fourth-order valence-electron chi connectivity index (χ4n) is 7.18. The molecular formula is C46H72O8. The number of benzene rings is 2. The van der Waals surface area contributed by atoms with Crippen molar-refractivity contribution in [1.82, 2.24) is 0 Å². The van der Waals surface area contributed by atoms with Gasteiger partial charge in [0.1, 0.15) is 23.0 Å². The minimum Gasteiger partial charge on any atom is -0.507 e. The van der Waals surface area contributed by atoms with Crippen molar-refractivity contribution in [2.75, 3.05) is 0 Å². The lowest BCUT2D eigenvalue weighted by Gasteiger charge is -2.18. The topological polar surface area (TPSA) is 149 Å². The molecule has 2 atom stereocenters. The SMILES string of the molecule is CCCCCc1c(C=O)c(O)c(CC[C@@H](C)CCCC(C)C)c(O)c1C=O.CCCCCc1c(C=O)c(O)c(CC[C@H](C)CCCC(C)C)c(O)c1C=O. The van der Waals surface area contributed by atoms with E-state index < -0.39 is 0 Å². The first kappa shape index (κ1) is 48.3. The van der Waals surface area contributed by atoms with Crippen LogP contribution in [-0.4, -0.2) is 45.6 Å². The third-order valence-corrected chi connectivity index (χ3v) is 10.7. The molecule has 0 aliphatic carbocycles. The summed E-state index contributed by atoms with van der Waals surface area (Å²) in [7, 11) is 0. The average Bonchev–Trinajstić information content (AvgIpc) is 3.12. The lowest BCUT2D eigenvalue weighted by Crippen LogP contribution is -2.06. The summed E-state index contributed by atoms with van der Waals surface area (Å²) in [5, 5.41) is 42.3. The van der Waals surface area contributed by atoms with Gasteiger partial charge in [-0.2, -0.15) is 0 Å². The zero-order chi connectivity index (χ0) is 40.8. The third kappa shape index (κ3) is 15.2. The van der Waals surface area contributed by atoms with Crippen molar-refractivity contribution in [3.63, 3.8) is 0 Å². The second-order valence-electron chi connectivity index (χ2n) is 16.3. The smallest absolute Gasteiger partial charge is 0.154 e. The monoisotopic (exact) mass is 753 g/mol. The first-order valence-electron chi connectivity index (χ1n) is 20.7. The van der Waals surface area contributed by atoms with Crippen molar-refractivity contribution in [2.45, 2.75) is 171 Å². The number of carbonyl (C=O) groups excluding carboxylic acids is 4. The molecule has 0 saturated heterocycles. The molecule has 8 heteroatoms. The van der Waals surface area contributed by atoms with Crippen LogP contribution in [0.4, 0.5) is 0 Å². The predicted molar refractivity (Wildman–Crippen MR) is 220 cm³/mol. The van der Waals surface area contributed by atoms with Crippen molar-refractivity contribution in [3.05, 3.63) is 44.5 Å². The van der Waals surface area contributed by atoms with Crippen molar-refractivity contribution in [3.8, 4) is 23.0 Å². The molecule has 0 saturated carbocycles. The highest BCUT2D eigenvalue weighted by Crippen LogP contribution is 2.40. The Kier molecular flexibility index (Phi) is 23.4. The van der Waals surface area contributed by atoms with Gasteiger partial charge >= 0.3 is 0 Å². The van der Waals surface area contributed by atoms with Gasteiger partial charge < -0.3 is 20.4 Å².